The molecule has 0 saturated heterocycles. The second-order valence-electron chi connectivity index (χ2n) is 2.97. The van der Waals surface area contributed by atoms with E-state index in [9.17, 15) is 0 Å². The van der Waals surface area contributed by atoms with E-state index < -0.39 is 0 Å². The van der Waals surface area contributed by atoms with Gasteiger partial charge in [-0.15, -0.1) is 11.3 Å². The van der Waals surface area contributed by atoms with Gasteiger partial charge in [-0.1, -0.05) is 0 Å². The summed E-state index contributed by atoms with van der Waals surface area (Å²) in [4.78, 5) is 1.49. The number of rotatable bonds is 0. The van der Waals surface area contributed by atoms with Gasteiger partial charge in [0.05, 0.1) is 10.4 Å². The van der Waals surface area contributed by atoms with Crippen molar-refractivity contribution in [3.8, 4) is 11.3 Å². The van der Waals surface area contributed by atoms with E-state index in [1.807, 2.05) is 11.3 Å². The van der Waals surface area contributed by atoms with E-state index in [0.29, 0.717) is 0 Å². The smallest absolute Gasteiger partial charge is 0.193 e. The van der Waals surface area contributed by atoms with Gasteiger partial charge in [-0.2, -0.15) is 4.57 Å². The molecule has 1 aliphatic heterocycles. The van der Waals surface area contributed by atoms with Crippen molar-refractivity contribution < 1.29 is 4.57 Å². The Morgan fingerprint density at radius 3 is 3.25 bits per heavy atom. The van der Waals surface area contributed by atoms with E-state index >= 15 is 0 Å². The van der Waals surface area contributed by atoms with Crippen LogP contribution in [0.15, 0.2) is 35.8 Å². The fourth-order valence-corrected chi connectivity index (χ4v) is 2.59. The monoisotopic (exact) mass is 174 g/mol. The first-order valence-electron chi connectivity index (χ1n) is 4.00. The second-order valence-corrected chi connectivity index (χ2v) is 3.97. The maximum atomic E-state index is 2.29. The van der Waals surface area contributed by atoms with Crippen LogP contribution in [0, 0.1) is 0 Å². The molecule has 0 saturated carbocycles. The fourth-order valence-electron chi connectivity index (χ4n) is 1.70. The summed E-state index contributed by atoms with van der Waals surface area (Å²) >= 11 is 1.85. The van der Waals surface area contributed by atoms with Crippen molar-refractivity contribution in [2.24, 2.45) is 0 Å². The maximum Gasteiger partial charge on any atom is 0.214 e. The molecule has 0 aliphatic carbocycles. The zero-order valence-corrected chi connectivity index (χ0v) is 7.34. The highest BCUT2D eigenvalue weighted by Crippen LogP contribution is 2.29. The Morgan fingerprint density at radius 2 is 2.25 bits per heavy atom. The Balaban J connectivity index is 2.34. The third-order valence-corrected chi connectivity index (χ3v) is 3.18. The molecular weight excluding hydrogens is 166 g/mol. The summed E-state index contributed by atoms with van der Waals surface area (Å²) in [6.07, 6.45) is 2.14. The summed E-state index contributed by atoms with van der Waals surface area (Å²) in [5.41, 5.74) is 2.77. The highest BCUT2D eigenvalue weighted by molar-refractivity contribution is 7.10. The highest BCUT2D eigenvalue weighted by atomic mass is 32.1. The molecule has 0 bridgehead atoms. The molecule has 0 aromatic carbocycles. The summed E-state index contributed by atoms with van der Waals surface area (Å²) in [6, 6.07) is 8.57. The van der Waals surface area contributed by atoms with Crippen LogP contribution in [0.1, 0.15) is 4.88 Å². The van der Waals surface area contributed by atoms with Crippen LogP contribution in [-0.2, 0) is 6.54 Å². The first-order valence-corrected chi connectivity index (χ1v) is 4.88. The van der Waals surface area contributed by atoms with Gasteiger partial charge in [0.1, 0.15) is 0 Å². The van der Waals surface area contributed by atoms with Crippen molar-refractivity contribution in [2.75, 3.05) is 0 Å². The Hall–Kier alpha value is -1.15. The van der Waals surface area contributed by atoms with Crippen molar-refractivity contribution in [3.63, 3.8) is 0 Å². The number of nitrogens with zero attached hydrogens (tertiary/aromatic N) is 1. The van der Waals surface area contributed by atoms with Crippen molar-refractivity contribution in [1.29, 1.82) is 0 Å². The standard InChI is InChI=1S/C10H8NS/c1-2-5-11-7-10-8(4-6-12-10)9(11)3-1/h1-6H,7H2/q+1. The highest BCUT2D eigenvalue weighted by Gasteiger charge is 2.25. The zero-order chi connectivity index (χ0) is 7.97. The predicted octanol–water partition coefficient (Wildman–Crippen LogP) is 2.06. The van der Waals surface area contributed by atoms with Crippen molar-refractivity contribution in [1.82, 2.24) is 0 Å². The molecule has 0 fully saturated rings. The molecule has 0 atom stereocenters. The first kappa shape index (κ1) is 6.38. The fraction of sp³-hybridized carbons (Fsp3) is 0.100. The molecule has 12 heavy (non-hydrogen) atoms. The number of pyridine rings is 1. The minimum absolute atomic E-state index is 1.06. The van der Waals surface area contributed by atoms with Crippen molar-refractivity contribution in [3.05, 3.63) is 40.7 Å². The van der Waals surface area contributed by atoms with Crippen LogP contribution in [0.4, 0.5) is 0 Å². The van der Waals surface area contributed by atoms with Gasteiger partial charge >= 0.3 is 0 Å². The molecule has 3 heterocycles. The Morgan fingerprint density at radius 1 is 1.25 bits per heavy atom. The molecule has 0 spiro atoms. The van der Waals surface area contributed by atoms with Crippen LogP contribution in [0.5, 0.6) is 0 Å². The van der Waals surface area contributed by atoms with Crippen molar-refractivity contribution in [2.45, 2.75) is 6.54 Å². The molecule has 1 nitrogen and oxygen atoms in total. The zero-order valence-electron chi connectivity index (χ0n) is 6.53. The third-order valence-electron chi connectivity index (χ3n) is 2.28. The molecule has 0 unspecified atom stereocenters. The quantitative estimate of drug-likeness (QED) is 0.459. The normalized spacial score (nSPS) is 12.7. The lowest BCUT2D eigenvalue weighted by atomic mass is 10.2. The van der Waals surface area contributed by atoms with E-state index in [1.165, 1.54) is 16.1 Å². The van der Waals surface area contributed by atoms with Gasteiger partial charge in [0, 0.05) is 12.1 Å². The topological polar surface area (TPSA) is 3.88 Å². The Bertz CT molecular complexity index is 431. The number of hydrogen-bond donors (Lipinski definition) is 0. The summed E-state index contributed by atoms with van der Waals surface area (Å²) in [5.74, 6) is 0. The van der Waals surface area contributed by atoms with Gasteiger partial charge in [-0.05, 0) is 17.5 Å². The van der Waals surface area contributed by atoms with Gasteiger partial charge in [0.15, 0.2) is 12.7 Å². The lowest BCUT2D eigenvalue weighted by Gasteiger charge is -1.89. The maximum absolute atomic E-state index is 2.29. The predicted molar refractivity (Wildman–Crippen MR) is 49.1 cm³/mol. The largest absolute Gasteiger partial charge is 0.214 e. The molecule has 2 heteroatoms. The van der Waals surface area contributed by atoms with Gasteiger partial charge in [0.2, 0.25) is 5.69 Å². The van der Waals surface area contributed by atoms with Gasteiger partial charge in [-0.3, -0.25) is 0 Å². The van der Waals surface area contributed by atoms with E-state index in [1.54, 1.807) is 0 Å². The average molecular weight is 174 g/mol. The number of aromatic nitrogens is 1. The number of thiophene rings is 1. The first-order chi connectivity index (χ1) is 5.95. The lowest BCUT2D eigenvalue weighted by Crippen LogP contribution is -2.31. The van der Waals surface area contributed by atoms with Gasteiger partial charge in [-0.25, -0.2) is 0 Å². The molecule has 58 valence electrons. The number of hydrogen-bond acceptors (Lipinski definition) is 1. The summed E-state index contributed by atoms with van der Waals surface area (Å²) in [7, 11) is 0. The molecule has 3 rings (SSSR count). The Kier molecular flexibility index (Phi) is 1.15. The minimum Gasteiger partial charge on any atom is -0.193 e. The Labute approximate surface area is 74.9 Å². The molecule has 2 aromatic heterocycles. The second kappa shape index (κ2) is 2.17. The van der Waals surface area contributed by atoms with Crippen molar-refractivity contribution >= 4 is 11.3 Å². The summed E-state index contributed by atoms with van der Waals surface area (Å²) < 4.78 is 2.29. The average Bonchev–Trinajstić information content (AvgIpc) is 2.62. The molecule has 0 N–H and O–H groups in total. The van der Waals surface area contributed by atoms with Crippen LogP contribution in [0.25, 0.3) is 11.3 Å². The van der Waals surface area contributed by atoms with E-state index in [2.05, 4.69) is 40.4 Å². The van der Waals surface area contributed by atoms with Crippen LogP contribution in [0.2, 0.25) is 0 Å². The van der Waals surface area contributed by atoms with Gasteiger partial charge in [0.25, 0.3) is 0 Å². The van der Waals surface area contributed by atoms with E-state index in [0.717, 1.165) is 6.54 Å². The summed E-state index contributed by atoms with van der Waals surface area (Å²) in [5, 5.41) is 2.17. The molecule has 1 aliphatic rings. The third kappa shape index (κ3) is 0.703. The van der Waals surface area contributed by atoms with Crippen LogP contribution in [-0.4, -0.2) is 0 Å². The van der Waals surface area contributed by atoms with Crippen LogP contribution in [0.3, 0.4) is 0 Å². The SMILES string of the molecule is c1cc[n+]2c(c1)-c1ccsc1C2. The van der Waals surface area contributed by atoms with Crippen LogP contribution < -0.4 is 4.57 Å². The lowest BCUT2D eigenvalue weighted by molar-refractivity contribution is -0.671. The molecule has 0 radical (unpaired) electrons. The molecular formula is C10H8NS+. The molecule has 0 amide bonds. The molecule has 2 aromatic rings. The van der Waals surface area contributed by atoms with Crippen LogP contribution >= 0.6 is 11.3 Å². The number of fused-ring (bicyclic) bond motifs is 3. The van der Waals surface area contributed by atoms with E-state index in [-0.39, 0.29) is 0 Å². The minimum atomic E-state index is 1.06. The summed E-state index contributed by atoms with van der Waals surface area (Å²) in [6.45, 7) is 1.06. The van der Waals surface area contributed by atoms with E-state index in [4.69, 9.17) is 0 Å². The van der Waals surface area contributed by atoms with Gasteiger partial charge < -0.3 is 0 Å².